The van der Waals surface area contributed by atoms with Gasteiger partial charge in [0.05, 0.1) is 0 Å². The Morgan fingerprint density at radius 1 is 1.04 bits per heavy atom. The SMILES string of the molecule is Cl.N=C(N)c1ccc(Nc2nnc(-c3ccc(Cl)cc3)o2)cc1. The minimum absolute atomic E-state index is 0. The molecule has 0 fully saturated rings. The summed E-state index contributed by atoms with van der Waals surface area (Å²) < 4.78 is 5.55. The zero-order valence-corrected chi connectivity index (χ0v) is 13.4. The summed E-state index contributed by atoms with van der Waals surface area (Å²) in [6, 6.07) is 14.4. The van der Waals surface area contributed by atoms with Crippen molar-refractivity contribution in [3.05, 3.63) is 59.1 Å². The molecule has 0 bridgehead atoms. The van der Waals surface area contributed by atoms with E-state index in [9.17, 15) is 0 Å². The second-order valence-electron chi connectivity index (χ2n) is 4.54. The highest BCUT2D eigenvalue weighted by atomic mass is 35.5. The monoisotopic (exact) mass is 349 g/mol. The van der Waals surface area contributed by atoms with Gasteiger partial charge in [-0.3, -0.25) is 5.41 Å². The average Bonchev–Trinajstić information content (AvgIpc) is 2.97. The van der Waals surface area contributed by atoms with Crippen molar-refractivity contribution in [2.75, 3.05) is 5.32 Å². The van der Waals surface area contributed by atoms with Crippen LogP contribution in [-0.4, -0.2) is 16.0 Å². The van der Waals surface area contributed by atoms with Gasteiger partial charge in [0, 0.05) is 21.8 Å². The van der Waals surface area contributed by atoms with Crippen LogP contribution in [0.25, 0.3) is 11.5 Å². The molecule has 0 unspecified atom stereocenters. The number of rotatable bonds is 4. The summed E-state index contributed by atoms with van der Waals surface area (Å²) in [7, 11) is 0. The average molecular weight is 350 g/mol. The summed E-state index contributed by atoms with van der Waals surface area (Å²) >= 11 is 5.84. The van der Waals surface area contributed by atoms with Gasteiger partial charge in [-0.25, -0.2) is 0 Å². The van der Waals surface area contributed by atoms with E-state index in [1.807, 2.05) is 0 Å². The molecule has 0 spiro atoms. The molecular weight excluding hydrogens is 337 g/mol. The van der Waals surface area contributed by atoms with Crippen molar-refractivity contribution in [2.24, 2.45) is 5.73 Å². The van der Waals surface area contributed by atoms with Crippen LogP contribution in [-0.2, 0) is 0 Å². The molecule has 0 atom stereocenters. The molecule has 0 radical (unpaired) electrons. The smallest absolute Gasteiger partial charge is 0.320 e. The Morgan fingerprint density at radius 2 is 1.70 bits per heavy atom. The first-order valence-corrected chi connectivity index (χ1v) is 6.80. The topological polar surface area (TPSA) is 101 Å². The molecule has 1 heterocycles. The number of hydrogen-bond donors (Lipinski definition) is 3. The van der Waals surface area contributed by atoms with Crippen LogP contribution in [0, 0.1) is 5.41 Å². The Bertz CT molecular complexity index is 799. The normalized spacial score (nSPS) is 9.96. The van der Waals surface area contributed by atoms with E-state index in [0.29, 0.717) is 16.5 Å². The number of nitrogens with one attached hydrogen (secondary N) is 2. The van der Waals surface area contributed by atoms with Crippen molar-refractivity contribution >= 4 is 41.5 Å². The van der Waals surface area contributed by atoms with E-state index in [0.717, 1.165) is 11.3 Å². The van der Waals surface area contributed by atoms with Gasteiger partial charge < -0.3 is 15.5 Å². The minimum Gasteiger partial charge on any atom is -0.403 e. The van der Waals surface area contributed by atoms with Crippen LogP contribution in [0.3, 0.4) is 0 Å². The van der Waals surface area contributed by atoms with Gasteiger partial charge in [0.2, 0.25) is 5.89 Å². The van der Waals surface area contributed by atoms with Gasteiger partial charge in [0.1, 0.15) is 5.84 Å². The van der Waals surface area contributed by atoms with Gasteiger partial charge >= 0.3 is 6.01 Å². The number of aromatic nitrogens is 2. The fraction of sp³-hybridized carbons (Fsp3) is 0. The molecule has 4 N–H and O–H groups in total. The number of nitrogens with zero attached hydrogens (tertiary/aromatic N) is 2. The number of halogens is 2. The van der Waals surface area contributed by atoms with Crippen LogP contribution in [0.1, 0.15) is 5.56 Å². The zero-order chi connectivity index (χ0) is 15.5. The zero-order valence-electron chi connectivity index (χ0n) is 11.8. The number of hydrogen-bond acceptors (Lipinski definition) is 5. The van der Waals surface area contributed by atoms with Crippen LogP contribution in [0.2, 0.25) is 5.02 Å². The molecule has 8 heteroatoms. The maximum Gasteiger partial charge on any atom is 0.320 e. The van der Waals surface area contributed by atoms with Crippen molar-refractivity contribution in [1.82, 2.24) is 10.2 Å². The maximum absolute atomic E-state index is 7.35. The molecule has 3 rings (SSSR count). The fourth-order valence-electron chi connectivity index (χ4n) is 1.84. The van der Waals surface area contributed by atoms with Crippen molar-refractivity contribution in [1.29, 1.82) is 5.41 Å². The Labute approximate surface area is 143 Å². The highest BCUT2D eigenvalue weighted by Gasteiger charge is 2.08. The summed E-state index contributed by atoms with van der Waals surface area (Å²) in [5.74, 6) is 0.425. The molecule has 0 aliphatic heterocycles. The lowest BCUT2D eigenvalue weighted by Gasteiger charge is -2.02. The van der Waals surface area contributed by atoms with Gasteiger partial charge in [-0.1, -0.05) is 16.7 Å². The Morgan fingerprint density at radius 3 is 2.30 bits per heavy atom. The largest absolute Gasteiger partial charge is 0.403 e. The number of nitrogens with two attached hydrogens (primary N) is 1. The van der Waals surface area contributed by atoms with Crippen molar-refractivity contribution < 1.29 is 4.42 Å². The highest BCUT2D eigenvalue weighted by Crippen LogP contribution is 2.23. The predicted octanol–water partition coefficient (Wildman–Crippen LogP) is 3.84. The van der Waals surface area contributed by atoms with E-state index < -0.39 is 0 Å². The lowest BCUT2D eigenvalue weighted by atomic mass is 10.2. The van der Waals surface area contributed by atoms with Crippen molar-refractivity contribution in [3.63, 3.8) is 0 Å². The molecule has 0 aliphatic carbocycles. The lowest BCUT2D eigenvalue weighted by Crippen LogP contribution is -2.10. The van der Waals surface area contributed by atoms with Gasteiger partial charge in [-0.2, -0.15) is 0 Å². The van der Waals surface area contributed by atoms with E-state index >= 15 is 0 Å². The van der Waals surface area contributed by atoms with Crippen LogP contribution < -0.4 is 11.1 Å². The third-order valence-electron chi connectivity index (χ3n) is 2.96. The molecule has 1 aromatic heterocycles. The minimum atomic E-state index is 0. The van der Waals surface area contributed by atoms with E-state index in [1.165, 1.54) is 0 Å². The van der Waals surface area contributed by atoms with E-state index in [-0.39, 0.29) is 24.3 Å². The number of amidine groups is 1. The summed E-state index contributed by atoms with van der Waals surface area (Å²) in [5, 5.41) is 18.9. The van der Waals surface area contributed by atoms with Gasteiger partial charge in [0.15, 0.2) is 0 Å². The third-order valence-corrected chi connectivity index (χ3v) is 3.22. The summed E-state index contributed by atoms with van der Waals surface area (Å²) in [5.41, 5.74) is 7.61. The molecule has 23 heavy (non-hydrogen) atoms. The molecule has 0 aliphatic rings. The first-order chi connectivity index (χ1) is 10.6. The second kappa shape index (κ2) is 7.13. The van der Waals surface area contributed by atoms with Gasteiger partial charge in [-0.05, 0) is 48.5 Å². The number of benzene rings is 2. The predicted molar refractivity (Wildman–Crippen MR) is 92.7 cm³/mol. The van der Waals surface area contributed by atoms with Crippen LogP contribution in [0.4, 0.5) is 11.7 Å². The first kappa shape index (κ1) is 16.8. The lowest BCUT2D eigenvalue weighted by molar-refractivity contribution is 0.587. The molecule has 0 saturated carbocycles. The van der Waals surface area contributed by atoms with Crippen molar-refractivity contribution in [2.45, 2.75) is 0 Å². The van der Waals surface area contributed by atoms with Crippen LogP contribution >= 0.6 is 24.0 Å². The first-order valence-electron chi connectivity index (χ1n) is 6.43. The van der Waals surface area contributed by atoms with E-state index in [4.69, 9.17) is 27.2 Å². The molecule has 118 valence electrons. The van der Waals surface area contributed by atoms with Gasteiger partial charge in [-0.15, -0.1) is 17.5 Å². The molecular formula is C15H13Cl2N5O. The Kier molecular flexibility index (Phi) is 5.20. The van der Waals surface area contributed by atoms with E-state index in [2.05, 4.69) is 15.5 Å². The molecule has 6 nitrogen and oxygen atoms in total. The molecule has 2 aromatic carbocycles. The van der Waals surface area contributed by atoms with Gasteiger partial charge in [0.25, 0.3) is 0 Å². The molecule has 0 amide bonds. The Hall–Kier alpha value is -2.57. The second-order valence-corrected chi connectivity index (χ2v) is 4.97. The summed E-state index contributed by atoms with van der Waals surface area (Å²) in [4.78, 5) is 0. The van der Waals surface area contributed by atoms with E-state index in [1.54, 1.807) is 48.5 Å². The van der Waals surface area contributed by atoms with Crippen LogP contribution in [0.15, 0.2) is 52.9 Å². The fourth-order valence-corrected chi connectivity index (χ4v) is 1.97. The van der Waals surface area contributed by atoms with Crippen LogP contribution in [0.5, 0.6) is 0 Å². The third kappa shape index (κ3) is 4.00. The number of anilines is 2. The summed E-state index contributed by atoms with van der Waals surface area (Å²) in [6.07, 6.45) is 0. The van der Waals surface area contributed by atoms with Crippen molar-refractivity contribution in [3.8, 4) is 11.5 Å². The number of nitrogen functional groups attached to an aromatic ring is 1. The quantitative estimate of drug-likeness (QED) is 0.490. The standard InChI is InChI=1S/C15H12ClN5O.ClH/c16-11-5-1-10(2-6-11)14-20-21-15(22-14)19-12-7-3-9(4-8-12)13(17)18;/h1-8H,(H3,17,18)(H,19,21);1H. The molecule has 3 aromatic rings. The highest BCUT2D eigenvalue weighted by molar-refractivity contribution is 6.30. The summed E-state index contributed by atoms with van der Waals surface area (Å²) in [6.45, 7) is 0. The molecule has 0 saturated heterocycles. The maximum atomic E-state index is 7.35. The Balaban J connectivity index is 0.00000192.